The molecular weight excluding hydrogens is 466 g/mol. The van der Waals surface area contributed by atoms with Gasteiger partial charge in [-0.15, -0.1) is 0 Å². The van der Waals surface area contributed by atoms with Crippen molar-refractivity contribution in [3.63, 3.8) is 0 Å². The number of para-hydroxylation sites is 3. The number of methoxy groups -OCH3 is 1. The van der Waals surface area contributed by atoms with E-state index in [2.05, 4.69) is 113 Å². The van der Waals surface area contributed by atoms with Crippen LogP contribution >= 0.6 is 0 Å². The van der Waals surface area contributed by atoms with Gasteiger partial charge in [0.2, 0.25) is 0 Å². The molecule has 7 rings (SSSR count). The van der Waals surface area contributed by atoms with Crippen LogP contribution in [-0.2, 0) is 11.2 Å². The van der Waals surface area contributed by atoms with Crippen LogP contribution in [0.25, 0.3) is 55.1 Å². The normalized spacial score (nSPS) is 12.7. The number of hydrogen-bond donors (Lipinski definition) is 0. The van der Waals surface area contributed by atoms with E-state index < -0.39 is 0 Å². The average Bonchev–Trinajstić information content (AvgIpc) is 3.49. The van der Waals surface area contributed by atoms with Crippen molar-refractivity contribution in [2.45, 2.75) is 25.9 Å². The summed E-state index contributed by atoms with van der Waals surface area (Å²) in [5.74, 6) is 0. The Hall–Kier alpha value is -4.41. The highest BCUT2D eigenvalue weighted by molar-refractivity contribution is 6.09. The van der Waals surface area contributed by atoms with Crippen LogP contribution in [0.15, 0.2) is 109 Å². The molecule has 0 saturated carbocycles. The van der Waals surface area contributed by atoms with Crippen LogP contribution < -0.4 is 0 Å². The van der Waals surface area contributed by atoms with E-state index >= 15 is 0 Å². The van der Waals surface area contributed by atoms with Gasteiger partial charge in [0, 0.05) is 40.8 Å². The quantitative estimate of drug-likeness (QED) is 0.233. The van der Waals surface area contributed by atoms with Crippen molar-refractivity contribution in [3.05, 3.63) is 115 Å². The van der Waals surface area contributed by atoms with E-state index in [4.69, 9.17) is 9.72 Å². The third-order valence-electron chi connectivity index (χ3n) is 7.74. The number of hydrogen-bond acceptors (Lipinski definition) is 2. The smallest absolute Gasteiger partial charge is 0.0963 e. The SMILES string of the molecule is CCC(Cc1cc(-n2c3ccccc3c3ccccc32)cc(-n2c3ccccc3c3ncccc32)c1)OC. The Morgan fingerprint density at radius 2 is 1.18 bits per heavy atom. The second kappa shape index (κ2) is 9.16. The first kappa shape index (κ1) is 22.8. The Labute approximate surface area is 221 Å². The molecule has 0 bridgehead atoms. The molecule has 0 radical (unpaired) electrons. The zero-order valence-corrected chi connectivity index (χ0v) is 21.6. The van der Waals surface area contributed by atoms with Crippen molar-refractivity contribution in [2.75, 3.05) is 7.11 Å². The van der Waals surface area contributed by atoms with Gasteiger partial charge < -0.3 is 13.9 Å². The van der Waals surface area contributed by atoms with Crippen LogP contribution in [0, 0.1) is 0 Å². The van der Waals surface area contributed by atoms with Crippen LogP contribution in [0.5, 0.6) is 0 Å². The zero-order valence-electron chi connectivity index (χ0n) is 21.6. The molecule has 4 heteroatoms. The number of aromatic nitrogens is 3. The van der Waals surface area contributed by atoms with Gasteiger partial charge in [-0.2, -0.15) is 0 Å². The van der Waals surface area contributed by atoms with E-state index in [1.54, 1.807) is 0 Å². The monoisotopic (exact) mass is 495 g/mol. The van der Waals surface area contributed by atoms with Gasteiger partial charge in [0.1, 0.15) is 0 Å². The van der Waals surface area contributed by atoms with Crippen LogP contribution in [0.4, 0.5) is 0 Å². The lowest BCUT2D eigenvalue weighted by Gasteiger charge is -2.18. The molecule has 0 spiro atoms. The van der Waals surface area contributed by atoms with Crippen LogP contribution in [0.2, 0.25) is 0 Å². The molecule has 4 nitrogen and oxygen atoms in total. The van der Waals surface area contributed by atoms with Crippen molar-refractivity contribution >= 4 is 43.7 Å². The zero-order chi connectivity index (χ0) is 25.6. The summed E-state index contributed by atoms with van der Waals surface area (Å²) < 4.78 is 10.6. The largest absolute Gasteiger partial charge is 0.381 e. The van der Waals surface area contributed by atoms with Crippen LogP contribution in [-0.4, -0.2) is 27.3 Å². The van der Waals surface area contributed by atoms with Crippen molar-refractivity contribution in [3.8, 4) is 11.4 Å². The van der Waals surface area contributed by atoms with Gasteiger partial charge >= 0.3 is 0 Å². The number of benzene rings is 4. The number of nitrogens with zero attached hydrogens (tertiary/aromatic N) is 3. The Morgan fingerprint density at radius 1 is 0.658 bits per heavy atom. The third kappa shape index (κ3) is 3.52. The van der Waals surface area contributed by atoms with Gasteiger partial charge in [0.05, 0.1) is 33.7 Å². The standard InChI is InChI=1S/C34H29N3O/c1-3-26(38-2)21-23-19-24(36-30-14-7-4-11-27(30)28-12-5-8-15-31(28)36)22-25(20-23)37-32-16-9-6-13-29(32)34-33(37)17-10-18-35-34/h4-20,22,26H,3,21H2,1-2H3. The molecule has 0 saturated heterocycles. The lowest BCUT2D eigenvalue weighted by molar-refractivity contribution is 0.0998. The van der Waals surface area contributed by atoms with Crippen molar-refractivity contribution in [2.24, 2.45) is 0 Å². The first-order valence-electron chi connectivity index (χ1n) is 13.3. The maximum Gasteiger partial charge on any atom is 0.0963 e. The highest BCUT2D eigenvalue weighted by atomic mass is 16.5. The summed E-state index contributed by atoms with van der Waals surface area (Å²) in [7, 11) is 1.81. The molecule has 0 aliphatic rings. The van der Waals surface area contributed by atoms with Gasteiger partial charge in [-0.3, -0.25) is 4.98 Å². The molecule has 1 unspecified atom stereocenters. The highest BCUT2D eigenvalue weighted by Gasteiger charge is 2.18. The second-order valence-electron chi connectivity index (χ2n) is 9.92. The minimum Gasteiger partial charge on any atom is -0.381 e. The van der Waals surface area contributed by atoms with Gasteiger partial charge in [-0.1, -0.05) is 61.5 Å². The predicted molar refractivity (Wildman–Crippen MR) is 158 cm³/mol. The van der Waals surface area contributed by atoms with Crippen molar-refractivity contribution in [1.82, 2.24) is 14.1 Å². The molecule has 7 aromatic rings. The summed E-state index contributed by atoms with van der Waals surface area (Å²) in [4.78, 5) is 4.76. The maximum absolute atomic E-state index is 5.82. The number of ether oxygens (including phenoxy) is 1. The first-order chi connectivity index (χ1) is 18.8. The summed E-state index contributed by atoms with van der Waals surface area (Å²) in [6.07, 6.45) is 3.85. The molecule has 1 atom stereocenters. The molecular formula is C34H29N3O. The second-order valence-corrected chi connectivity index (χ2v) is 9.92. The molecule has 186 valence electrons. The topological polar surface area (TPSA) is 32.0 Å². The van der Waals surface area contributed by atoms with Crippen molar-refractivity contribution in [1.29, 1.82) is 0 Å². The Balaban J connectivity index is 1.56. The Bertz CT molecular complexity index is 1700. The number of pyridine rings is 1. The van der Waals surface area contributed by atoms with Gasteiger partial charge in [0.25, 0.3) is 0 Å². The van der Waals surface area contributed by atoms with E-state index in [9.17, 15) is 0 Å². The molecule has 0 N–H and O–H groups in total. The Kier molecular flexibility index (Phi) is 5.49. The maximum atomic E-state index is 5.82. The van der Waals surface area contributed by atoms with E-state index in [1.807, 2.05) is 19.4 Å². The molecule has 0 aliphatic heterocycles. The van der Waals surface area contributed by atoms with Crippen LogP contribution in [0.3, 0.4) is 0 Å². The summed E-state index contributed by atoms with van der Waals surface area (Å²) in [5.41, 5.74) is 9.24. The predicted octanol–water partition coefficient (Wildman–Crippen LogP) is 8.24. The lowest BCUT2D eigenvalue weighted by atomic mass is 10.0. The van der Waals surface area contributed by atoms with Crippen LogP contribution in [0.1, 0.15) is 18.9 Å². The fourth-order valence-electron chi connectivity index (χ4n) is 5.95. The Morgan fingerprint density at radius 3 is 1.79 bits per heavy atom. The summed E-state index contributed by atoms with van der Waals surface area (Å²) in [5, 5.41) is 3.69. The summed E-state index contributed by atoms with van der Waals surface area (Å²) in [6, 6.07) is 37.1. The number of rotatable bonds is 6. The summed E-state index contributed by atoms with van der Waals surface area (Å²) >= 11 is 0. The molecule has 0 fully saturated rings. The highest BCUT2D eigenvalue weighted by Crippen LogP contribution is 2.35. The molecule has 3 aromatic heterocycles. The van der Waals surface area contributed by atoms with Crippen molar-refractivity contribution < 1.29 is 4.74 Å². The third-order valence-corrected chi connectivity index (χ3v) is 7.74. The van der Waals surface area contributed by atoms with Gasteiger partial charge in [0.15, 0.2) is 0 Å². The molecule has 0 aliphatic carbocycles. The minimum atomic E-state index is 0.163. The lowest BCUT2D eigenvalue weighted by Crippen LogP contribution is -2.13. The minimum absolute atomic E-state index is 0.163. The molecule has 3 heterocycles. The first-order valence-corrected chi connectivity index (χ1v) is 13.3. The van der Waals surface area contributed by atoms with E-state index in [1.165, 1.54) is 27.4 Å². The van der Waals surface area contributed by atoms with Gasteiger partial charge in [-0.05, 0) is 66.9 Å². The summed E-state index contributed by atoms with van der Waals surface area (Å²) in [6.45, 7) is 2.19. The fraction of sp³-hybridized carbons (Fsp3) is 0.147. The van der Waals surface area contributed by atoms with E-state index in [0.29, 0.717) is 0 Å². The molecule has 38 heavy (non-hydrogen) atoms. The number of fused-ring (bicyclic) bond motifs is 6. The van der Waals surface area contributed by atoms with Gasteiger partial charge in [-0.25, -0.2) is 0 Å². The average molecular weight is 496 g/mol. The molecule has 0 amide bonds. The fourth-order valence-corrected chi connectivity index (χ4v) is 5.95. The van der Waals surface area contributed by atoms with E-state index in [0.717, 1.165) is 46.2 Å². The van der Waals surface area contributed by atoms with E-state index in [-0.39, 0.29) is 6.10 Å². The molecule has 4 aromatic carbocycles.